The summed E-state index contributed by atoms with van der Waals surface area (Å²) < 4.78 is 5.45. The van der Waals surface area contributed by atoms with E-state index in [4.69, 9.17) is 16.3 Å². The maximum absolute atomic E-state index is 12.1. The Labute approximate surface area is 192 Å². The zero-order valence-electron chi connectivity index (χ0n) is 17.8. The molecule has 164 valence electrons. The van der Waals surface area contributed by atoms with Gasteiger partial charge in [0.15, 0.2) is 6.61 Å². The van der Waals surface area contributed by atoms with Crippen LogP contribution in [-0.2, 0) is 9.59 Å². The van der Waals surface area contributed by atoms with Crippen molar-refractivity contribution in [1.29, 1.82) is 0 Å². The molecule has 0 bridgehead atoms. The van der Waals surface area contributed by atoms with Crippen LogP contribution in [0.4, 0.5) is 11.4 Å². The van der Waals surface area contributed by atoms with Crippen LogP contribution in [0.25, 0.3) is 11.3 Å². The van der Waals surface area contributed by atoms with Gasteiger partial charge in [-0.15, -0.1) is 0 Å². The number of anilines is 2. The van der Waals surface area contributed by atoms with Gasteiger partial charge in [-0.05, 0) is 55.2 Å². The highest BCUT2D eigenvalue weighted by molar-refractivity contribution is 6.34. The maximum atomic E-state index is 12.1. The second kappa shape index (κ2) is 9.83. The zero-order chi connectivity index (χ0) is 22.5. The van der Waals surface area contributed by atoms with Crippen molar-refractivity contribution in [2.75, 3.05) is 23.4 Å². The summed E-state index contributed by atoms with van der Waals surface area (Å²) in [6.45, 7) is 2.18. The normalized spacial score (nSPS) is 12.8. The lowest BCUT2D eigenvalue weighted by Crippen LogP contribution is -2.30. The summed E-state index contributed by atoms with van der Waals surface area (Å²) in [5.41, 5.74) is 2.84. The molecule has 0 unspecified atom stereocenters. The van der Waals surface area contributed by atoms with E-state index in [0.717, 1.165) is 24.1 Å². The van der Waals surface area contributed by atoms with Crippen LogP contribution in [0.15, 0.2) is 66.9 Å². The first-order valence-corrected chi connectivity index (χ1v) is 10.9. The molecular formula is C25H24ClN3O3. The number of carbonyl (C=O) groups excluding carboxylic acids is 2. The molecule has 1 saturated carbocycles. The molecule has 1 aromatic heterocycles. The van der Waals surface area contributed by atoms with Crippen LogP contribution in [-0.4, -0.2) is 29.9 Å². The van der Waals surface area contributed by atoms with Gasteiger partial charge in [0.05, 0.1) is 28.3 Å². The molecule has 7 heteroatoms. The Bertz CT molecular complexity index is 1100. The molecule has 4 rings (SSSR count). The van der Waals surface area contributed by atoms with Gasteiger partial charge < -0.3 is 15.0 Å². The SMILES string of the molecule is CC(=O)N(CC1CC1)c1ccc(-c2ccc(NC(=O)COc3ccccc3)cn2)cc1Cl. The predicted molar refractivity (Wildman–Crippen MR) is 126 cm³/mol. The number of rotatable bonds is 8. The molecule has 0 aliphatic heterocycles. The van der Waals surface area contributed by atoms with Gasteiger partial charge in [0, 0.05) is 19.0 Å². The molecule has 0 radical (unpaired) electrons. The van der Waals surface area contributed by atoms with E-state index in [-0.39, 0.29) is 18.4 Å². The van der Waals surface area contributed by atoms with E-state index in [1.807, 2.05) is 42.5 Å². The van der Waals surface area contributed by atoms with Crippen molar-refractivity contribution >= 4 is 34.8 Å². The smallest absolute Gasteiger partial charge is 0.262 e. The third-order valence-corrected chi connectivity index (χ3v) is 5.52. The summed E-state index contributed by atoms with van der Waals surface area (Å²) in [7, 11) is 0. The lowest BCUT2D eigenvalue weighted by Gasteiger charge is -2.22. The van der Waals surface area contributed by atoms with Gasteiger partial charge in [0.2, 0.25) is 5.91 Å². The number of aromatic nitrogens is 1. The molecule has 0 saturated heterocycles. The molecule has 1 heterocycles. The number of ether oxygens (including phenoxy) is 1. The highest BCUT2D eigenvalue weighted by atomic mass is 35.5. The minimum Gasteiger partial charge on any atom is -0.484 e. The molecule has 2 amide bonds. The highest BCUT2D eigenvalue weighted by Gasteiger charge is 2.27. The lowest BCUT2D eigenvalue weighted by atomic mass is 10.1. The number of para-hydroxylation sites is 1. The summed E-state index contributed by atoms with van der Waals surface area (Å²) in [6, 6.07) is 18.3. The first-order valence-electron chi connectivity index (χ1n) is 10.5. The Kier molecular flexibility index (Phi) is 6.71. The van der Waals surface area contributed by atoms with Gasteiger partial charge in [0.25, 0.3) is 5.91 Å². The maximum Gasteiger partial charge on any atom is 0.262 e. The standard InChI is InChI=1S/C25H24ClN3O3/c1-17(30)29(15-18-7-8-18)24-12-9-19(13-22(24)26)23-11-10-20(14-27-23)28-25(31)16-32-21-5-3-2-4-6-21/h2-6,9-14,18H,7-8,15-16H2,1H3,(H,28,31). The third kappa shape index (κ3) is 5.65. The topological polar surface area (TPSA) is 71.5 Å². The Morgan fingerprint density at radius 1 is 1.12 bits per heavy atom. The van der Waals surface area contributed by atoms with Gasteiger partial charge in [-0.2, -0.15) is 0 Å². The number of pyridine rings is 1. The zero-order valence-corrected chi connectivity index (χ0v) is 18.5. The highest BCUT2D eigenvalue weighted by Crippen LogP contribution is 2.35. The average molecular weight is 450 g/mol. The van der Waals surface area contributed by atoms with Crippen LogP contribution in [0.3, 0.4) is 0 Å². The van der Waals surface area contributed by atoms with Gasteiger partial charge in [0.1, 0.15) is 5.75 Å². The minimum absolute atomic E-state index is 0.0130. The summed E-state index contributed by atoms with van der Waals surface area (Å²) in [6.07, 6.45) is 3.90. The monoisotopic (exact) mass is 449 g/mol. The van der Waals surface area contributed by atoms with E-state index in [1.54, 1.807) is 36.2 Å². The van der Waals surface area contributed by atoms with Crippen molar-refractivity contribution in [2.45, 2.75) is 19.8 Å². The Morgan fingerprint density at radius 3 is 2.53 bits per heavy atom. The molecular weight excluding hydrogens is 426 g/mol. The second-order valence-corrected chi connectivity index (χ2v) is 8.23. The summed E-state index contributed by atoms with van der Waals surface area (Å²) in [5.74, 6) is 0.922. The van der Waals surface area contributed by atoms with E-state index < -0.39 is 0 Å². The molecule has 32 heavy (non-hydrogen) atoms. The number of hydrogen-bond donors (Lipinski definition) is 1. The van der Waals surface area contributed by atoms with Gasteiger partial charge >= 0.3 is 0 Å². The van der Waals surface area contributed by atoms with Crippen molar-refractivity contribution in [3.8, 4) is 17.0 Å². The van der Waals surface area contributed by atoms with E-state index in [2.05, 4.69) is 10.3 Å². The molecule has 1 fully saturated rings. The molecule has 3 aromatic rings. The number of benzene rings is 2. The van der Waals surface area contributed by atoms with Crippen LogP contribution in [0.1, 0.15) is 19.8 Å². The van der Waals surface area contributed by atoms with E-state index >= 15 is 0 Å². The number of amides is 2. The van der Waals surface area contributed by atoms with Crippen LogP contribution in [0.2, 0.25) is 5.02 Å². The van der Waals surface area contributed by atoms with E-state index in [9.17, 15) is 9.59 Å². The van der Waals surface area contributed by atoms with Crippen molar-refractivity contribution in [2.24, 2.45) is 5.92 Å². The Hall–Kier alpha value is -3.38. The van der Waals surface area contributed by atoms with Crippen LogP contribution in [0, 0.1) is 5.92 Å². The van der Waals surface area contributed by atoms with Crippen LogP contribution in [0.5, 0.6) is 5.75 Å². The fraction of sp³-hybridized carbons (Fsp3) is 0.240. The molecule has 0 spiro atoms. The first kappa shape index (κ1) is 21.8. The second-order valence-electron chi connectivity index (χ2n) is 7.82. The first-order chi connectivity index (χ1) is 15.5. The van der Waals surface area contributed by atoms with Gasteiger partial charge in [-0.25, -0.2) is 0 Å². The van der Waals surface area contributed by atoms with Crippen LogP contribution >= 0.6 is 11.6 Å². The predicted octanol–water partition coefficient (Wildman–Crippen LogP) is 5.18. The van der Waals surface area contributed by atoms with Crippen molar-refractivity contribution in [1.82, 2.24) is 4.98 Å². The summed E-state index contributed by atoms with van der Waals surface area (Å²) >= 11 is 6.51. The molecule has 0 atom stereocenters. The van der Waals surface area contributed by atoms with Crippen molar-refractivity contribution in [3.05, 3.63) is 71.9 Å². The Balaban J connectivity index is 1.39. The fourth-order valence-corrected chi connectivity index (χ4v) is 3.62. The quantitative estimate of drug-likeness (QED) is 0.514. The molecule has 2 aromatic carbocycles. The number of nitrogens with one attached hydrogen (secondary N) is 1. The Morgan fingerprint density at radius 2 is 1.91 bits per heavy atom. The molecule has 1 aliphatic carbocycles. The summed E-state index contributed by atoms with van der Waals surface area (Å²) in [5, 5.41) is 3.28. The minimum atomic E-state index is -0.268. The third-order valence-electron chi connectivity index (χ3n) is 5.21. The average Bonchev–Trinajstić information content (AvgIpc) is 3.62. The summed E-state index contributed by atoms with van der Waals surface area (Å²) in [4.78, 5) is 30.4. The van der Waals surface area contributed by atoms with E-state index in [1.165, 1.54) is 0 Å². The van der Waals surface area contributed by atoms with Gasteiger partial charge in [-0.1, -0.05) is 35.9 Å². The van der Waals surface area contributed by atoms with Crippen molar-refractivity contribution in [3.63, 3.8) is 0 Å². The molecule has 1 aliphatic rings. The van der Waals surface area contributed by atoms with Gasteiger partial charge in [-0.3, -0.25) is 14.6 Å². The number of carbonyl (C=O) groups is 2. The fourth-order valence-electron chi connectivity index (χ4n) is 3.34. The van der Waals surface area contributed by atoms with Crippen molar-refractivity contribution < 1.29 is 14.3 Å². The number of hydrogen-bond acceptors (Lipinski definition) is 4. The van der Waals surface area contributed by atoms with Crippen LogP contribution < -0.4 is 15.0 Å². The number of nitrogens with zero attached hydrogens (tertiary/aromatic N) is 2. The molecule has 1 N–H and O–H groups in total. The lowest BCUT2D eigenvalue weighted by molar-refractivity contribution is -0.118. The largest absolute Gasteiger partial charge is 0.484 e. The molecule has 6 nitrogen and oxygen atoms in total. The van der Waals surface area contributed by atoms with E-state index in [0.29, 0.717) is 34.6 Å². The number of halogens is 1.